The minimum atomic E-state index is -0.796. The van der Waals surface area contributed by atoms with Crippen LogP contribution in [-0.4, -0.2) is 17.7 Å². The molecule has 0 aromatic heterocycles. The number of hydroxylamine groups is 1. The first-order valence-corrected chi connectivity index (χ1v) is 10.5. The van der Waals surface area contributed by atoms with Crippen LogP contribution >= 0.6 is 0 Å². The zero-order chi connectivity index (χ0) is 22.6. The van der Waals surface area contributed by atoms with Crippen molar-refractivity contribution in [1.82, 2.24) is 5.48 Å². The van der Waals surface area contributed by atoms with E-state index in [1.807, 2.05) is 85.8 Å². The lowest BCUT2D eigenvalue weighted by atomic mass is 10.1. The van der Waals surface area contributed by atoms with E-state index in [1.54, 1.807) is 6.26 Å². The number of aliphatic carboxylic acids is 1. The van der Waals surface area contributed by atoms with Gasteiger partial charge in [-0.3, -0.25) is 15.1 Å². The van der Waals surface area contributed by atoms with Gasteiger partial charge in [0, 0.05) is 12.0 Å². The van der Waals surface area contributed by atoms with Gasteiger partial charge in [0.2, 0.25) is 0 Å². The lowest BCUT2D eigenvalue weighted by Crippen LogP contribution is -2.13. The smallest absolute Gasteiger partial charge is 0.303 e. The molecule has 6 heteroatoms. The number of carboxylic acid groups (broad SMARTS) is 1. The van der Waals surface area contributed by atoms with Crippen LogP contribution in [-0.2, 0) is 22.7 Å². The standard InChI is InChI=1S/C26H27NO5/c1-2-32-27-25(22-6-4-3-5-7-22)19-31-24-15-10-21(11-16-24)18-30-23-13-8-20(9-14-23)12-17-26(28)29/h3-11,13-16,19,27H,2,12,17-18H2,1H3,(H,28,29). The van der Waals surface area contributed by atoms with E-state index >= 15 is 0 Å². The molecule has 3 rings (SSSR count). The number of rotatable bonds is 12. The first-order valence-electron chi connectivity index (χ1n) is 10.5. The van der Waals surface area contributed by atoms with Gasteiger partial charge in [0.25, 0.3) is 0 Å². The minimum absolute atomic E-state index is 0.123. The second kappa shape index (κ2) is 12.2. The highest BCUT2D eigenvalue weighted by Gasteiger charge is 2.03. The van der Waals surface area contributed by atoms with Crippen LogP contribution in [0.15, 0.2) is 85.1 Å². The molecule has 0 aliphatic carbocycles. The van der Waals surface area contributed by atoms with Crippen molar-refractivity contribution in [2.45, 2.75) is 26.4 Å². The molecule has 0 fully saturated rings. The number of benzene rings is 3. The van der Waals surface area contributed by atoms with Crippen LogP contribution in [0.4, 0.5) is 0 Å². The number of hydrogen-bond acceptors (Lipinski definition) is 5. The van der Waals surface area contributed by atoms with E-state index in [1.165, 1.54) is 0 Å². The summed E-state index contributed by atoms with van der Waals surface area (Å²) in [5, 5.41) is 8.76. The average molecular weight is 434 g/mol. The topological polar surface area (TPSA) is 77.0 Å². The molecule has 0 amide bonds. The second-order valence-electron chi connectivity index (χ2n) is 7.02. The number of nitrogens with one attached hydrogen (secondary N) is 1. The van der Waals surface area contributed by atoms with Crippen LogP contribution in [0, 0.1) is 0 Å². The van der Waals surface area contributed by atoms with Crippen molar-refractivity contribution in [1.29, 1.82) is 0 Å². The third-order valence-electron chi connectivity index (χ3n) is 4.60. The van der Waals surface area contributed by atoms with Gasteiger partial charge in [0.1, 0.15) is 30.1 Å². The zero-order valence-electron chi connectivity index (χ0n) is 18.0. The van der Waals surface area contributed by atoms with Crippen molar-refractivity contribution < 1.29 is 24.2 Å². The summed E-state index contributed by atoms with van der Waals surface area (Å²) in [6, 6.07) is 25.0. The molecule has 0 radical (unpaired) electrons. The quantitative estimate of drug-likeness (QED) is 0.302. The lowest BCUT2D eigenvalue weighted by molar-refractivity contribution is -0.136. The predicted molar refractivity (Wildman–Crippen MR) is 123 cm³/mol. The molecule has 0 spiro atoms. The first kappa shape index (κ1) is 22.9. The van der Waals surface area contributed by atoms with E-state index < -0.39 is 5.97 Å². The van der Waals surface area contributed by atoms with Crippen molar-refractivity contribution in [3.63, 3.8) is 0 Å². The van der Waals surface area contributed by atoms with E-state index in [4.69, 9.17) is 19.4 Å². The van der Waals surface area contributed by atoms with Crippen LogP contribution in [0.25, 0.3) is 5.70 Å². The van der Waals surface area contributed by atoms with E-state index in [9.17, 15) is 4.79 Å². The molecule has 0 saturated carbocycles. The fourth-order valence-electron chi connectivity index (χ4n) is 2.88. The molecule has 0 saturated heterocycles. The Morgan fingerprint density at radius 2 is 1.56 bits per heavy atom. The highest BCUT2D eigenvalue weighted by atomic mass is 16.6. The monoisotopic (exact) mass is 433 g/mol. The van der Waals surface area contributed by atoms with Crippen molar-refractivity contribution in [2.75, 3.05) is 6.61 Å². The minimum Gasteiger partial charge on any atom is -0.489 e. The van der Waals surface area contributed by atoms with Crippen LogP contribution in [0.1, 0.15) is 30.0 Å². The van der Waals surface area contributed by atoms with Crippen molar-refractivity contribution >= 4 is 11.7 Å². The van der Waals surface area contributed by atoms with Gasteiger partial charge in [-0.2, -0.15) is 0 Å². The van der Waals surface area contributed by atoms with Crippen LogP contribution < -0.4 is 15.0 Å². The molecule has 2 N–H and O–H groups in total. The lowest BCUT2D eigenvalue weighted by Gasteiger charge is -2.11. The summed E-state index contributed by atoms with van der Waals surface area (Å²) >= 11 is 0. The van der Waals surface area contributed by atoms with Crippen LogP contribution in [0.2, 0.25) is 0 Å². The van der Waals surface area contributed by atoms with Gasteiger partial charge in [0.05, 0.1) is 6.61 Å². The average Bonchev–Trinajstić information content (AvgIpc) is 2.83. The summed E-state index contributed by atoms with van der Waals surface area (Å²) in [5.74, 6) is 0.639. The highest BCUT2D eigenvalue weighted by Crippen LogP contribution is 2.19. The molecule has 0 bridgehead atoms. The molecule has 166 valence electrons. The van der Waals surface area contributed by atoms with Gasteiger partial charge in [-0.25, -0.2) is 0 Å². The molecule has 0 aliphatic rings. The molecule has 0 aliphatic heterocycles. The fraction of sp³-hybridized carbons (Fsp3) is 0.192. The molecule has 6 nitrogen and oxygen atoms in total. The Kier molecular flexibility index (Phi) is 8.71. The Bertz CT molecular complexity index is 999. The number of hydrogen-bond donors (Lipinski definition) is 2. The molecule has 0 heterocycles. The van der Waals surface area contributed by atoms with Gasteiger partial charge in [-0.15, -0.1) is 0 Å². The van der Waals surface area contributed by atoms with E-state index in [-0.39, 0.29) is 6.42 Å². The molecular formula is C26H27NO5. The number of carbonyl (C=O) groups is 1. The maximum absolute atomic E-state index is 10.7. The summed E-state index contributed by atoms with van der Waals surface area (Å²) in [6.45, 7) is 2.86. The Balaban J connectivity index is 1.54. The molecule has 32 heavy (non-hydrogen) atoms. The van der Waals surface area contributed by atoms with Crippen molar-refractivity contribution in [2.24, 2.45) is 0 Å². The fourth-order valence-corrected chi connectivity index (χ4v) is 2.88. The second-order valence-corrected chi connectivity index (χ2v) is 7.02. The normalized spacial score (nSPS) is 11.1. The summed E-state index contributed by atoms with van der Waals surface area (Å²) in [6.07, 6.45) is 2.26. The number of aryl methyl sites for hydroxylation is 1. The van der Waals surface area contributed by atoms with E-state index in [2.05, 4.69) is 5.48 Å². The third-order valence-corrected chi connectivity index (χ3v) is 4.60. The number of ether oxygens (including phenoxy) is 2. The summed E-state index contributed by atoms with van der Waals surface area (Å²) in [7, 11) is 0. The van der Waals surface area contributed by atoms with Gasteiger partial charge in [-0.05, 0) is 48.7 Å². The van der Waals surface area contributed by atoms with E-state index in [0.29, 0.717) is 25.4 Å². The van der Waals surface area contributed by atoms with Crippen LogP contribution in [0.5, 0.6) is 11.5 Å². The summed E-state index contributed by atoms with van der Waals surface area (Å²) < 4.78 is 11.6. The van der Waals surface area contributed by atoms with Gasteiger partial charge in [-0.1, -0.05) is 54.6 Å². The Labute approximate surface area is 188 Å². The van der Waals surface area contributed by atoms with Gasteiger partial charge in [0.15, 0.2) is 0 Å². The largest absolute Gasteiger partial charge is 0.489 e. The molecular weight excluding hydrogens is 406 g/mol. The maximum Gasteiger partial charge on any atom is 0.303 e. The molecule has 0 atom stereocenters. The Hall–Kier alpha value is -3.77. The van der Waals surface area contributed by atoms with Crippen molar-refractivity contribution in [3.05, 3.63) is 102 Å². The SMILES string of the molecule is CCONC(=COc1ccc(COc2ccc(CCC(=O)O)cc2)cc1)c1ccccc1. The number of carboxylic acids is 1. The molecule has 3 aromatic rings. The highest BCUT2D eigenvalue weighted by molar-refractivity contribution is 5.67. The Morgan fingerprint density at radius 1 is 0.906 bits per heavy atom. The zero-order valence-corrected chi connectivity index (χ0v) is 18.0. The van der Waals surface area contributed by atoms with E-state index in [0.717, 1.165) is 28.1 Å². The Morgan fingerprint density at radius 3 is 2.22 bits per heavy atom. The summed E-state index contributed by atoms with van der Waals surface area (Å²) in [4.78, 5) is 16.0. The summed E-state index contributed by atoms with van der Waals surface area (Å²) in [5.41, 5.74) is 6.58. The third kappa shape index (κ3) is 7.49. The first-order chi connectivity index (χ1) is 15.6. The maximum atomic E-state index is 10.7. The van der Waals surface area contributed by atoms with Gasteiger partial charge < -0.3 is 14.6 Å². The van der Waals surface area contributed by atoms with Crippen LogP contribution in [0.3, 0.4) is 0 Å². The molecule has 3 aromatic carbocycles. The van der Waals surface area contributed by atoms with Gasteiger partial charge >= 0.3 is 5.97 Å². The predicted octanol–water partition coefficient (Wildman–Crippen LogP) is 5.20. The molecule has 0 unspecified atom stereocenters. The van der Waals surface area contributed by atoms with Crippen molar-refractivity contribution in [3.8, 4) is 11.5 Å².